The van der Waals surface area contributed by atoms with E-state index in [0.29, 0.717) is 0 Å². The summed E-state index contributed by atoms with van der Waals surface area (Å²) in [5.74, 6) is -0.265. The fourth-order valence-electron chi connectivity index (χ4n) is 2.47. The highest BCUT2D eigenvalue weighted by Crippen LogP contribution is 2.24. The van der Waals surface area contributed by atoms with E-state index < -0.39 is 0 Å². The van der Waals surface area contributed by atoms with E-state index in [4.69, 9.17) is 5.11 Å². The van der Waals surface area contributed by atoms with Gasteiger partial charge in [0.2, 0.25) is 5.91 Å². The van der Waals surface area contributed by atoms with Gasteiger partial charge in [0.25, 0.3) is 0 Å². The van der Waals surface area contributed by atoms with Crippen LogP contribution in [0.2, 0.25) is 0 Å². The molecule has 0 aromatic heterocycles. The largest absolute Gasteiger partial charge is 0.396 e. The van der Waals surface area contributed by atoms with Crippen molar-refractivity contribution in [1.82, 2.24) is 5.32 Å². The monoisotopic (exact) mass is 283 g/mol. The number of carbonyl (C=O) groups is 1. The Morgan fingerprint density at radius 3 is 2.71 bits per heavy atom. The average molecular weight is 283 g/mol. The summed E-state index contributed by atoms with van der Waals surface area (Å²) in [6.07, 6.45) is 1.87. The van der Waals surface area contributed by atoms with Gasteiger partial charge in [-0.25, -0.2) is 0 Å². The van der Waals surface area contributed by atoms with Crippen LogP contribution in [0.25, 0.3) is 10.8 Å². The molecule has 2 N–H and O–H groups in total. The summed E-state index contributed by atoms with van der Waals surface area (Å²) in [5.41, 5.74) is 1.10. The van der Waals surface area contributed by atoms with Crippen molar-refractivity contribution in [3.63, 3.8) is 0 Å². The normalized spacial score (nSPS) is 13.6. The maximum atomic E-state index is 12.0. The van der Waals surface area contributed by atoms with Gasteiger partial charge >= 0.3 is 0 Å². The molecule has 3 nitrogen and oxygen atoms in total. The van der Waals surface area contributed by atoms with Crippen molar-refractivity contribution in [3.8, 4) is 0 Å². The summed E-state index contributed by atoms with van der Waals surface area (Å²) in [7, 11) is 0. The molecule has 0 saturated heterocycles. The molecule has 0 fully saturated rings. The lowest BCUT2D eigenvalue weighted by Gasteiger charge is -2.18. The van der Waals surface area contributed by atoms with Gasteiger partial charge < -0.3 is 10.4 Å². The van der Waals surface area contributed by atoms with Crippen molar-refractivity contribution in [2.45, 2.75) is 19.4 Å². The number of hydrogen-bond acceptors (Lipinski definition) is 2. The second kappa shape index (κ2) is 7.04. The highest BCUT2D eigenvalue weighted by Gasteiger charge is 2.14. The first kappa shape index (κ1) is 15.3. The molecule has 0 spiro atoms. The molecular formula is C18H21NO2. The molecule has 0 unspecified atom stereocenters. The van der Waals surface area contributed by atoms with Crippen molar-refractivity contribution in [2.24, 2.45) is 5.92 Å². The van der Waals surface area contributed by atoms with Crippen LogP contribution in [-0.2, 0) is 4.79 Å². The first-order chi connectivity index (χ1) is 10.2. The number of benzene rings is 2. The van der Waals surface area contributed by atoms with E-state index >= 15 is 0 Å². The van der Waals surface area contributed by atoms with Crippen LogP contribution in [-0.4, -0.2) is 17.6 Å². The Labute approximate surface area is 125 Å². The van der Waals surface area contributed by atoms with Gasteiger partial charge in [0, 0.05) is 18.9 Å². The Morgan fingerprint density at radius 1 is 1.29 bits per heavy atom. The van der Waals surface area contributed by atoms with E-state index in [1.165, 1.54) is 0 Å². The quantitative estimate of drug-likeness (QED) is 0.800. The van der Waals surface area contributed by atoms with Gasteiger partial charge in [0.15, 0.2) is 0 Å². The summed E-state index contributed by atoms with van der Waals surface area (Å²) >= 11 is 0. The summed E-state index contributed by atoms with van der Waals surface area (Å²) in [5, 5.41) is 14.4. The smallest absolute Gasteiger partial charge is 0.221 e. The molecule has 0 aliphatic rings. The minimum absolute atomic E-state index is 0.0560. The molecule has 2 rings (SSSR count). The minimum Gasteiger partial charge on any atom is -0.396 e. The lowest BCUT2D eigenvalue weighted by Crippen LogP contribution is -2.28. The topological polar surface area (TPSA) is 49.3 Å². The first-order valence-electron chi connectivity index (χ1n) is 7.16. The molecule has 0 aliphatic heterocycles. The molecule has 2 aromatic carbocycles. The van der Waals surface area contributed by atoms with Crippen LogP contribution in [0.5, 0.6) is 0 Å². The number of nitrogens with one attached hydrogen (secondary N) is 1. The van der Waals surface area contributed by atoms with Crippen molar-refractivity contribution in [1.29, 1.82) is 0 Å². The third-order valence-electron chi connectivity index (χ3n) is 3.68. The van der Waals surface area contributed by atoms with Gasteiger partial charge in [-0.15, -0.1) is 6.58 Å². The summed E-state index contributed by atoms with van der Waals surface area (Å²) in [6.45, 7) is 5.54. The van der Waals surface area contributed by atoms with Crippen molar-refractivity contribution >= 4 is 16.7 Å². The molecule has 0 aliphatic carbocycles. The van der Waals surface area contributed by atoms with Crippen molar-refractivity contribution in [2.75, 3.05) is 6.61 Å². The number of aliphatic hydroxyl groups excluding tert-OH is 1. The fourth-order valence-corrected chi connectivity index (χ4v) is 2.47. The van der Waals surface area contributed by atoms with Gasteiger partial charge in [-0.2, -0.15) is 0 Å². The molecule has 0 bridgehead atoms. The summed E-state index contributed by atoms with van der Waals surface area (Å²) in [4.78, 5) is 12.0. The number of aliphatic hydroxyl groups is 1. The number of hydrogen-bond donors (Lipinski definition) is 2. The number of carbonyl (C=O) groups excluding carboxylic acids is 1. The van der Waals surface area contributed by atoms with Crippen molar-refractivity contribution < 1.29 is 9.90 Å². The molecule has 1 amide bonds. The molecular weight excluding hydrogens is 262 g/mol. The van der Waals surface area contributed by atoms with Gasteiger partial charge in [0.1, 0.15) is 0 Å². The highest BCUT2D eigenvalue weighted by molar-refractivity contribution is 5.86. The molecule has 0 radical (unpaired) electrons. The van der Waals surface area contributed by atoms with Crippen LogP contribution in [0.15, 0.2) is 55.1 Å². The van der Waals surface area contributed by atoms with Crippen LogP contribution in [0.4, 0.5) is 0 Å². The molecule has 2 atom stereocenters. The Morgan fingerprint density at radius 2 is 2.00 bits per heavy atom. The number of fused-ring (bicyclic) bond motifs is 1. The zero-order valence-electron chi connectivity index (χ0n) is 12.3. The summed E-state index contributed by atoms with van der Waals surface area (Å²) < 4.78 is 0. The van der Waals surface area contributed by atoms with Crippen molar-refractivity contribution in [3.05, 3.63) is 60.7 Å². The van der Waals surface area contributed by atoms with E-state index in [-0.39, 0.29) is 30.9 Å². The third-order valence-corrected chi connectivity index (χ3v) is 3.68. The second-order valence-corrected chi connectivity index (χ2v) is 5.24. The van der Waals surface area contributed by atoms with E-state index in [2.05, 4.69) is 30.1 Å². The lowest BCUT2D eigenvalue weighted by atomic mass is 9.99. The van der Waals surface area contributed by atoms with E-state index in [0.717, 1.165) is 16.3 Å². The maximum absolute atomic E-state index is 12.0. The number of amides is 1. The lowest BCUT2D eigenvalue weighted by molar-refractivity contribution is -0.122. The predicted molar refractivity (Wildman–Crippen MR) is 85.9 cm³/mol. The predicted octanol–water partition coefficient (Wildman–Crippen LogP) is 3.20. The zero-order chi connectivity index (χ0) is 15.2. The molecule has 2 aromatic rings. The van der Waals surface area contributed by atoms with Gasteiger partial charge in [-0.05, 0) is 23.3 Å². The third kappa shape index (κ3) is 3.70. The average Bonchev–Trinajstić information content (AvgIpc) is 2.51. The Kier molecular flexibility index (Phi) is 5.12. The maximum Gasteiger partial charge on any atom is 0.221 e. The van der Waals surface area contributed by atoms with Gasteiger partial charge in [0.05, 0.1) is 6.04 Å². The van der Waals surface area contributed by atoms with Gasteiger partial charge in [-0.1, -0.05) is 48.5 Å². The molecule has 21 heavy (non-hydrogen) atoms. The van der Waals surface area contributed by atoms with E-state index in [1.807, 2.05) is 31.2 Å². The highest BCUT2D eigenvalue weighted by atomic mass is 16.3. The van der Waals surface area contributed by atoms with E-state index in [1.54, 1.807) is 6.08 Å². The molecule has 0 heterocycles. The van der Waals surface area contributed by atoms with Crippen LogP contribution < -0.4 is 5.32 Å². The van der Waals surface area contributed by atoms with Crippen LogP contribution in [0.3, 0.4) is 0 Å². The SMILES string of the molecule is C=C[C@@H](CO)CC(=O)N[C@@H](C)c1cccc2ccccc12. The second-order valence-electron chi connectivity index (χ2n) is 5.24. The fraction of sp³-hybridized carbons (Fsp3) is 0.278. The first-order valence-corrected chi connectivity index (χ1v) is 7.16. The standard InChI is InChI=1S/C18H21NO2/c1-3-14(12-20)11-18(21)19-13(2)16-10-6-8-15-7-4-5-9-17(15)16/h3-10,13-14,20H,1,11-12H2,2H3,(H,19,21)/t13-,14+/m0/s1. The van der Waals surface area contributed by atoms with Crippen LogP contribution in [0.1, 0.15) is 24.9 Å². The summed E-state index contributed by atoms with van der Waals surface area (Å²) in [6, 6.07) is 14.1. The Balaban J connectivity index is 2.13. The van der Waals surface area contributed by atoms with Crippen LogP contribution in [0, 0.1) is 5.92 Å². The Hall–Kier alpha value is -2.13. The number of rotatable bonds is 6. The van der Waals surface area contributed by atoms with Crippen LogP contribution >= 0.6 is 0 Å². The zero-order valence-corrected chi connectivity index (χ0v) is 12.3. The Bertz CT molecular complexity index is 631. The van der Waals surface area contributed by atoms with Gasteiger partial charge in [-0.3, -0.25) is 4.79 Å². The molecule has 0 saturated carbocycles. The van der Waals surface area contributed by atoms with E-state index in [9.17, 15) is 4.79 Å². The molecule has 110 valence electrons. The minimum atomic E-state index is -0.190. The molecule has 3 heteroatoms.